The number of rotatable bonds is 3. The first-order valence-corrected chi connectivity index (χ1v) is 9.93. The van der Waals surface area contributed by atoms with Gasteiger partial charge in [0.2, 0.25) is 4.96 Å². The summed E-state index contributed by atoms with van der Waals surface area (Å²) < 4.78 is 1.56. The average Bonchev–Trinajstić information content (AvgIpc) is 2.94. The third-order valence-corrected chi connectivity index (χ3v) is 5.71. The monoisotopic (exact) mass is 429 g/mol. The summed E-state index contributed by atoms with van der Waals surface area (Å²) in [6.07, 6.45) is 1.96. The number of halogens is 2. The zero-order valence-electron chi connectivity index (χ0n) is 14.6. The summed E-state index contributed by atoms with van der Waals surface area (Å²) in [5.74, 6) is 0. The van der Waals surface area contributed by atoms with Crippen LogP contribution in [0.15, 0.2) is 52.1 Å². The Morgan fingerprint density at radius 3 is 2.57 bits per heavy atom. The minimum Gasteiger partial charge on any atom is -0.266 e. The van der Waals surface area contributed by atoms with E-state index in [1.54, 1.807) is 24.3 Å². The van der Waals surface area contributed by atoms with Gasteiger partial charge >= 0.3 is 0 Å². The molecule has 4 aromatic rings. The maximum absolute atomic E-state index is 12.7. The highest BCUT2D eigenvalue weighted by molar-refractivity contribution is 7.15. The lowest BCUT2D eigenvalue weighted by Crippen LogP contribution is -2.28. The van der Waals surface area contributed by atoms with Gasteiger partial charge in [0.05, 0.1) is 4.53 Å². The second kappa shape index (κ2) is 7.47. The molecule has 0 aliphatic carbocycles. The van der Waals surface area contributed by atoms with Crippen molar-refractivity contribution in [3.63, 3.8) is 0 Å². The maximum Gasteiger partial charge on any atom is 0.296 e. The SMILES string of the molecule is Cc1ccc(Cc2nn3c(=O)c(=Cc4ccc(Cl)cc4Cl)sc3nc2=O)cc1. The smallest absolute Gasteiger partial charge is 0.266 e. The second-order valence-electron chi connectivity index (χ2n) is 6.30. The molecule has 5 nitrogen and oxygen atoms in total. The molecule has 0 radical (unpaired) electrons. The van der Waals surface area contributed by atoms with Crippen LogP contribution in [0.5, 0.6) is 0 Å². The number of thiazole rings is 1. The van der Waals surface area contributed by atoms with Crippen LogP contribution in [0, 0.1) is 6.92 Å². The molecular formula is C20H13Cl2N3O2S. The fourth-order valence-corrected chi connectivity index (χ4v) is 4.07. The largest absolute Gasteiger partial charge is 0.296 e. The van der Waals surface area contributed by atoms with Gasteiger partial charge in [0, 0.05) is 16.5 Å². The number of benzene rings is 2. The van der Waals surface area contributed by atoms with E-state index in [-0.39, 0.29) is 16.2 Å². The lowest BCUT2D eigenvalue weighted by Gasteiger charge is -2.01. The van der Waals surface area contributed by atoms with Crippen LogP contribution >= 0.6 is 34.5 Å². The third kappa shape index (κ3) is 3.71. The summed E-state index contributed by atoms with van der Waals surface area (Å²) in [6.45, 7) is 1.99. The number of aromatic nitrogens is 3. The van der Waals surface area contributed by atoms with E-state index in [0.29, 0.717) is 26.6 Å². The first-order chi connectivity index (χ1) is 13.4. The highest BCUT2D eigenvalue weighted by atomic mass is 35.5. The number of hydrogen-bond donors (Lipinski definition) is 0. The Morgan fingerprint density at radius 2 is 1.86 bits per heavy atom. The van der Waals surface area contributed by atoms with Crippen LogP contribution in [-0.2, 0) is 6.42 Å². The van der Waals surface area contributed by atoms with Gasteiger partial charge in [0.1, 0.15) is 5.69 Å². The molecule has 0 atom stereocenters. The number of nitrogens with zero attached hydrogens (tertiary/aromatic N) is 3. The van der Waals surface area contributed by atoms with E-state index >= 15 is 0 Å². The fourth-order valence-electron chi connectivity index (χ4n) is 2.71. The summed E-state index contributed by atoms with van der Waals surface area (Å²) in [7, 11) is 0. The van der Waals surface area contributed by atoms with Crippen molar-refractivity contribution in [1.82, 2.24) is 14.6 Å². The first-order valence-electron chi connectivity index (χ1n) is 8.36. The van der Waals surface area contributed by atoms with Gasteiger partial charge in [-0.05, 0) is 36.3 Å². The van der Waals surface area contributed by atoms with Gasteiger partial charge in [-0.3, -0.25) is 9.59 Å². The molecule has 2 aromatic carbocycles. The number of hydrogen-bond acceptors (Lipinski definition) is 5. The van der Waals surface area contributed by atoms with Gasteiger partial charge in [-0.15, -0.1) is 0 Å². The lowest BCUT2D eigenvalue weighted by molar-refractivity contribution is 0.811. The van der Waals surface area contributed by atoms with Crippen molar-refractivity contribution in [2.24, 2.45) is 0 Å². The molecular weight excluding hydrogens is 417 g/mol. The molecule has 0 bridgehead atoms. The summed E-state index contributed by atoms with van der Waals surface area (Å²) in [4.78, 5) is 29.4. The molecule has 0 amide bonds. The Hall–Kier alpha value is -2.54. The topological polar surface area (TPSA) is 64.3 Å². The molecule has 0 spiro atoms. The zero-order chi connectivity index (χ0) is 19.8. The molecule has 0 N–H and O–H groups in total. The van der Waals surface area contributed by atoms with Crippen molar-refractivity contribution < 1.29 is 0 Å². The van der Waals surface area contributed by atoms with Crippen molar-refractivity contribution >= 4 is 45.6 Å². The quantitative estimate of drug-likeness (QED) is 0.501. The van der Waals surface area contributed by atoms with E-state index < -0.39 is 5.56 Å². The van der Waals surface area contributed by atoms with Gasteiger partial charge in [0.15, 0.2) is 0 Å². The zero-order valence-corrected chi connectivity index (χ0v) is 17.0. The minimum absolute atomic E-state index is 0.229. The molecule has 140 valence electrons. The average molecular weight is 430 g/mol. The maximum atomic E-state index is 12.7. The summed E-state index contributed by atoms with van der Waals surface area (Å²) in [5.41, 5.74) is 2.16. The Balaban J connectivity index is 1.81. The summed E-state index contributed by atoms with van der Waals surface area (Å²) >= 11 is 13.2. The van der Waals surface area contributed by atoms with Crippen LogP contribution in [0.1, 0.15) is 22.4 Å². The van der Waals surface area contributed by atoms with Crippen LogP contribution in [0.3, 0.4) is 0 Å². The van der Waals surface area contributed by atoms with Gasteiger partial charge in [-0.1, -0.05) is 70.4 Å². The number of aryl methyl sites for hydroxylation is 1. The van der Waals surface area contributed by atoms with Crippen molar-refractivity contribution in [2.45, 2.75) is 13.3 Å². The minimum atomic E-state index is -0.432. The molecule has 0 aliphatic heterocycles. The molecule has 4 rings (SSSR count). The number of fused-ring (bicyclic) bond motifs is 1. The normalized spacial score (nSPS) is 12.0. The summed E-state index contributed by atoms with van der Waals surface area (Å²) in [5, 5.41) is 5.20. The third-order valence-electron chi connectivity index (χ3n) is 4.19. The van der Waals surface area contributed by atoms with Crippen molar-refractivity contribution in [1.29, 1.82) is 0 Å². The second-order valence-corrected chi connectivity index (χ2v) is 8.15. The van der Waals surface area contributed by atoms with Gasteiger partial charge in [-0.25, -0.2) is 0 Å². The molecule has 2 aromatic heterocycles. The summed E-state index contributed by atoms with van der Waals surface area (Å²) in [6, 6.07) is 12.8. The van der Waals surface area contributed by atoms with Crippen LogP contribution in [-0.4, -0.2) is 14.6 Å². The predicted molar refractivity (Wildman–Crippen MR) is 113 cm³/mol. The van der Waals surface area contributed by atoms with Crippen LogP contribution in [0.25, 0.3) is 11.0 Å². The van der Waals surface area contributed by atoms with E-state index in [0.717, 1.165) is 22.5 Å². The standard InChI is InChI=1S/C20H13Cl2N3O2S/c1-11-2-4-12(5-3-11)8-16-18(26)23-20-25(24-16)19(27)17(28-20)9-13-6-7-14(21)10-15(13)22/h2-7,9-10H,8H2,1H3. The fraction of sp³-hybridized carbons (Fsp3) is 0.100. The molecule has 28 heavy (non-hydrogen) atoms. The van der Waals surface area contributed by atoms with E-state index in [1.807, 2.05) is 31.2 Å². The molecule has 8 heteroatoms. The Labute approximate surface area is 173 Å². The molecule has 0 aliphatic rings. The Bertz CT molecular complexity index is 1360. The molecule has 2 heterocycles. The van der Waals surface area contributed by atoms with E-state index in [9.17, 15) is 9.59 Å². The van der Waals surface area contributed by atoms with Gasteiger partial charge < -0.3 is 0 Å². The van der Waals surface area contributed by atoms with Crippen LogP contribution in [0.2, 0.25) is 10.0 Å². The van der Waals surface area contributed by atoms with E-state index in [1.165, 1.54) is 4.52 Å². The molecule has 0 unspecified atom stereocenters. The Morgan fingerprint density at radius 1 is 1.11 bits per heavy atom. The highest BCUT2D eigenvalue weighted by Gasteiger charge is 2.12. The first kappa shape index (κ1) is 18.8. The Kier molecular flexibility index (Phi) is 5.02. The van der Waals surface area contributed by atoms with Gasteiger partial charge in [0.25, 0.3) is 11.1 Å². The van der Waals surface area contributed by atoms with Crippen molar-refractivity contribution in [2.75, 3.05) is 0 Å². The molecule has 0 saturated heterocycles. The van der Waals surface area contributed by atoms with Crippen molar-refractivity contribution in [3.8, 4) is 0 Å². The van der Waals surface area contributed by atoms with Crippen LogP contribution in [0.4, 0.5) is 0 Å². The predicted octanol–water partition coefficient (Wildman–Crippen LogP) is 3.26. The van der Waals surface area contributed by atoms with Crippen LogP contribution < -0.4 is 15.7 Å². The van der Waals surface area contributed by atoms with E-state index in [4.69, 9.17) is 23.2 Å². The van der Waals surface area contributed by atoms with Crippen molar-refractivity contribution in [3.05, 3.63) is 100 Å². The lowest BCUT2D eigenvalue weighted by atomic mass is 10.1. The molecule has 0 saturated carbocycles. The van der Waals surface area contributed by atoms with E-state index in [2.05, 4.69) is 10.1 Å². The molecule has 0 fully saturated rings. The highest BCUT2D eigenvalue weighted by Crippen LogP contribution is 2.21. The van der Waals surface area contributed by atoms with Gasteiger partial charge in [-0.2, -0.15) is 14.6 Å².